The number of carbonyl (C=O) groups excluding carboxylic acids is 1. The smallest absolute Gasteiger partial charge is 0.333 e. The third kappa shape index (κ3) is 2.35. The number of hydrogen-bond acceptors (Lipinski definition) is 5. The quantitative estimate of drug-likeness (QED) is 0.492. The molecule has 31 heavy (non-hydrogen) atoms. The van der Waals surface area contributed by atoms with Crippen LogP contribution in [0.3, 0.4) is 0 Å². The van der Waals surface area contributed by atoms with E-state index in [1.807, 2.05) is 36.4 Å². The maximum absolute atomic E-state index is 13.5. The molecule has 0 aliphatic carbocycles. The Morgan fingerprint density at radius 2 is 1.94 bits per heavy atom. The first kappa shape index (κ1) is 18.3. The minimum Gasteiger partial charge on any atom is -0.467 e. The Balaban J connectivity index is 1.64. The monoisotopic (exact) mass is 414 g/mol. The third-order valence-electron chi connectivity index (χ3n) is 6.86. The minimum absolute atomic E-state index is 0.0594. The maximum atomic E-state index is 13.5. The van der Waals surface area contributed by atoms with Crippen LogP contribution < -0.4 is 10.9 Å². The highest BCUT2D eigenvalue weighted by Gasteiger charge is 2.55. The van der Waals surface area contributed by atoms with E-state index in [1.54, 1.807) is 10.6 Å². The van der Waals surface area contributed by atoms with Crippen LogP contribution in [0, 0.1) is 0 Å². The van der Waals surface area contributed by atoms with Gasteiger partial charge in [-0.15, -0.1) is 0 Å². The van der Waals surface area contributed by atoms with Crippen molar-refractivity contribution in [3.63, 3.8) is 0 Å². The van der Waals surface area contributed by atoms with E-state index in [1.165, 1.54) is 7.11 Å². The normalized spacial score (nSPS) is 22.4. The van der Waals surface area contributed by atoms with Gasteiger partial charge in [-0.1, -0.05) is 30.3 Å². The van der Waals surface area contributed by atoms with Gasteiger partial charge in [0.15, 0.2) is 5.54 Å². The number of carbonyl (C=O) groups is 1. The van der Waals surface area contributed by atoms with Crippen molar-refractivity contribution in [2.45, 2.75) is 30.8 Å². The zero-order valence-corrected chi connectivity index (χ0v) is 17.1. The van der Waals surface area contributed by atoms with E-state index in [0.717, 1.165) is 28.6 Å². The van der Waals surface area contributed by atoms with Crippen LogP contribution in [0.4, 0.5) is 0 Å². The van der Waals surface area contributed by atoms with Crippen LogP contribution in [0.2, 0.25) is 0 Å². The van der Waals surface area contributed by atoms with Gasteiger partial charge in [0.05, 0.1) is 29.6 Å². The summed E-state index contributed by atoms with van der Waals surface area (Å²) >= 11 is 0. The molecule has 0 radical (unpaired) electrons. The molecule has 2 aliphatic heterocycles. The van der Waals surface area contributed by atoms with Gasteiger partial charge < -0.3 is 9.72 Å². The molecule has 7 heteroatoms. The number of methoxy groups -OCH3 is 1. The van der Waals surface area contributed by atoms with Gasteiger partial charge in [0.1, 0.15) is 5.82 Å². The first-order valence-electron chi connectivity index (χ1n) is 10.6. The minimum atomic E-state index is -1.12. The van der Waals surface area contributed by atoms with Gasteiger partial charge in [-0.2, -0.15) is 0 Å². The maximum Gasteiger partial charge on any atom is 0.333 e. The highest BCUT2D eigenvalue weighted by atomic mass is 16.5. The van der Waals surface area contributed by atoms with Crippen molar-refractivity contribution in [1.29, 1.82) is 0 Å². The van der Waals surface area contributed by atoms with Crippen molar-refractivity contribution in [3.05, 3.63) is 76.0 Å². The summed E-state index contributed by atoms with van der Waals surface area (Å²) in [5.41, 5.74) is 2.41. The molecule has 0 amide bonds. The number of aromatic amines is 1. The molecule has 4 heterocycles. The van der Waals surface area contributed by atoms with Crippen molar-refractivity contribution in [3.8, 4) is 0 Å². The molecule has 2 atom stereocenters. The molecule has 2 aromatic carbocycles. The highest BCUT2D eigenvalue weighted by molar-refractivity contribution is 5.91. The molecule has 7 nitrogen and oxygen atoms in total. The molecule has 156 valence electrons. The number of ether oxygens (including phenoxy) is 1. The molecule has 0 fully saturated rings. The number of esters is 1. The Bertz CT molecular complexity index is 1420. The first-order chi connectivity index (χ1) is 15.1. The molecule has 2 aromatic heterocycles. The summed E-state index contributed by atoms with van der Waals surface area (Å²) < 4.78 is 7.07. The summed E-state index contributed by atoms with van der Waals surface area (Å²) in [6, 6.07) is 15.5. The lowest BCUT2D eigenvalue weighted by Gasteiger charge is -2.39. The Morgan fingerprint density at radius 3 is 2.77 bits per heavy atom. The fraction of sp³-hybridized carbons (Fsp3) is 0.292. The van der Waals surface area contributed by atoms with Crippen LogP contribution >= 0.6 is 0 Å². The predicted molar refractivity (Wildman–Crippen MR) is 117 cm³/mol. The van der Waals surface area contributed by atoms with Crippen molar-refractivity contribution < 1.29 is 9.53 Å². The molecular formula is C24H22N4O3. The largest absolute Gasteiger partial charge is 0.467 e. The number of benzene rings is 2. The molecule has 0 bridgehead atoms. The SMILES string of the molecule is COC(=O)[C@@]1([C@@H]2CCn3c2nc2ccccc2c3=O)NCCc2c1[nH]c1ccccc21. The average Bonchev–Trinajstić information content (AvgIpc) is 3.41. The summed E-state index contributed by atoms with van der Waals surface area (Å²) in [7, 11) is 1.42. The molecule has 0 spiro atoms. The van der Waals surface area contributed by atoms with E-state index >= 15 is 0 Å². The second kappa shape index (κ2) is 6.52. The van der Waals surface area contributed by atoms with Crippen LogP contribution in [-0.4, -0.2) is 34.2 Å². The van der Waals surface area contributed by atoms with Gasteiger partial charge in [0.25, 0.3) is 5.56 Å². The van der Waals surface area contributed by atoms with Crippen LogP contribution in [0.1, 0.15) is 29.4 Å². The van der Waals surface area contributed by atoms with Crippen molar-refractivity contribution in [2.24, 2.45) is 0 Å². The molecule has 0 saturated heterocycles. The topological polar surface area (TPSA) is 89.0 Å². The fourth-order valence-corrected chi connectivity index (χ4v) is 5.51. The third-order valence-corrected chi connectivity index (χ3v) is 6.86. The predicted octanol–water partition coefficient (Wildman–Crippen LogP) is 2.58. The number of nitrogens with zero attached hydrogens (tertiary/aromatic N) is 2. The summed E-state index contributed by atoms with van der Waals surface area (Å²) in [5, 5.41) is 5.21. The van der Waals surface area contributed by atoms with E-state index in [4.69, 9.17) is 9.72 Å². The fourth-order valence-electron chi connectivity index (χ4n) is 5.51. The number of rotatable bonds is 2. The summed E-state index contributed by atoms with van der Waals surface area (Å²) in [6.07, 6.45) is 1.43. The molecular weight excluding hydrogens is 392 g/mol. The zero-order chi connectivity index (χ0) is 21.2. The Labute approximate surface area is 178 Å². The van der Waals surface area contributed by atoms with Crippen molar-refractivity contribution in [2.75, 3.05) is 13.7 Å². The van der Waals surface area contributed by atoms with E-state index < -0.39 is 5.54 Å². The van der Waals surface area contributed by atoms with Crippen LogP contribution in [-0.2, 0) is 28.0 Å². The van der Waals surface area contributed by atoms with Gasteiger partial charge in [-0.3, -0.25) is 14.7 Å². The second-order valence-electron chi connectivity index (χ2n) is 8.29. The lowest BCUT2D eigenvalue weighted by atomic mass is 9.75. The van der Waals surface area contributed by atoms with Crippen LogP contribution in [0.5, 0.6) is 0 Å². The Hall–Kier alpha value is -3.45. The number of para-hydroxylation sites is 2. The van der Waals surface area contributed by atoms with E-state index in [9.17, 15) is 9.59 Å². The molecule has 6 rings (SSSR count). The average molecular weight is 414 g/mol. The van der Waals surface area contributed by atoms with Crippen LogP contribution in [0.25, 0.3) is 21.8 Å². The Morgan fingerprint density at radius 1 is 1.16 bits per heavy atom. The van der Waals surface area contributed by atoms with E-state index in [-0.39, 0.29) is 17.4 Å². The molecule has 2 aliphatic rings. The number of aromatic nitrogens is 3. The van der Waals surface area contributed by atoms with Gasteiger partial charge >= 0.3 is 5.97 Å². The number of nitrogens with one attached hydrogen (secondary N) is 2. The molecule has 0 unspecified atom stereocenters. The lowest BCUT2D eigenvalue weighted by molar-refractivity contribution is -0.151. The highest BCUT2D eigenvalue weighted by Crippen LogP contribution is 2.46. The summed E-state index contributed by atoms with van der Waals surface area (Å²) in [4.78, 5) is 35.0. The summed E-state index contributed by atoms with van der Waals surface area (Å²) in [5.74, 6) is -0.0571. The number of hydrogen-bond donors (Lipinski definition) is 2. The van der Waals surface area contributed by atoms with Crippen molar-refractivity contribution >= 4 is 27.8 Å². The molecule has 2 N–H and O–H groups in total. The van der Waals surface area contributed by atoms with E-state index in [2.05, 4.69) is 16.4 Å². The van der Waals surface area contributed by atoms with Crippen LogP contribution in [0.15, 0.2) is 53.3 Å². The zero-order valence-electron chi connectivity index (χ0n) is 17.1. The molecule has 0 saturated carbocycles. The standard InChI is InChI=1S/C24H22N4O3/c1-31-23(30)24(20-15(10-12-25-24)14-6-2-4-8-18(14)26-20)17-11-13-28-21(17)27-19-9-5-3-7-16(19)22(28)29/h2-9,17,25-26H,10-13H2,1H3/t17-,24+/m1/s1. The summed E-state index contributed by atoms with van der Waals surface area (Å²) in [6.45, 7) is 1.16. The van der Waals surface area contributed by atoms with Gasteiger partial charge in [0.2, 0.25) is 0 Å². The number of fused-ring (bicyclic) bond motifs is 5. The first-order valence-corrected chi connectivity index (χ1v) is 10.6. The molecule has 4 aromatic rings. The van der Waals surface area contributed by atoms with Gasteiger partial charge in [-0.05, 0) is 36.6 Å². The van der Waals surface area contributed by atoms with Gasteiger partial charge in [0, 0.05) is 24.0 Å². The van der Waals surface area contributed by atoms with E-state index in [0.29, 0.717) is 36.2 Å². The Kier molecular flexibility index (Phi) is 3.86. The second-order valence-corrected chi connectivity index (χ2v) is 8.29. The van der Waals surface area contributed by atoms with Gasteiger partial charge in [-0.25, -0.2) is 9.78 Å². The van der Waals surface area contributed by atoms with Crippen molar-refractivity contribution in [1.82, 2.24) is 19.9 Å². The lowest BCUT2D eigenvalue weighted by Crippen LogP contribution is -2.57. The number of H-pyrrole nitrogens is 1.